The van der Waals surface area contributed by atoms with E-state index in [4.69, 9.17) is 9.47 Å². The molecule has 0 unspecified atom stereocenters. The monoisotopic (exact) mass is 141 g/mol. The van der Waals surface area contributed by atoms with E-state index in [1.807, 2.05) is 29.1 Å². The van der Waals surface area contributed by atoms with Crippen molar-refractivity contribution < 1.29 is 9.47 Å². The molecule has 1 aromatic rings. The summed E-state index contributed by atoms with van der Waals surface area (Å²) in [4.78, 5) is 0. The summed E-state index contributed by atoms with van der Waals surface area (Å²) < 4.78 is 11.8. The molecule has 0 N–H and O–H groups in total. The fourth-order valence-corrected chi connectivity index (χ4v) is 0.828. The average molecular weight is 141 g/mol. The molecule has 0 radical (unpaired) electrons. The summed E-state index contributed by atoms with van der Waals surface area (Å²) in [7, 11) is 3.21. The van der Waals surface area contributed by atoms with Crippen LogP contribution in [0.4, 0.5) is 0 Å². The molecule has 0 saturated heterocycles. The fourth-order valence-electron chi connectivity index (χ4n) is 0.828. The zero-order valence-electron chi connectivity index (χ0n) is 6.15. The molecule has 0 spiro atoms. The van der Waals surface area contributed by atoms with Gasteiger partial charge in [0.25, 0.3) is 0 Å². The van der Waals surface area contributed by atoms with E-state index in [9.17, 15) is 0 Å². The number of nitrogens with zero attached hydrogens (tertiary/aromatic N) is 1. The Morgan fingerprint density at radius 3 is 2.00 bits per heavy atom. The van der Waals surface area contributed by atoms with Crippen LogP contribution < -0.4 is 0 Å². The maximum Gasteiger partial charge on any atom is 0.243 e. The summed E-state index contributed by atoms with van der Waals surface area (Å²) in [6.07, 6.45) is 3.48. The molecule has 0 aliphatic carbocycles. The van der Waals surface area contributed by atoms with Crippen molar-refractivity contribution >= 4 is 0 Å². The molecule has 1 rings (SSSR count). The van der Waals surface area contributed by atoms with E-state index in [-0.39, 0.29) is 6.41 Å². The lowest BCUT2D eigenvalue weighted by Gasteiger charge is -2.13. The molecule has 0 bridgehead atoms. The van der Waals surface area contributed by atoms with Crippen molar-refractivity contribution in [1.29, 1.82) is 0 Å². The molecule has 1 aromatic heterocycles. The minimum absolute atomic E-state index is 0.296. The van der Waals surface area contributed by atoms with Gasteiger partial charge in [0.2, 0.25) is 6.41 Å². The van der Waals surface area contributed by atoms with Crippen LogP contribution in [0.25, 0.3) is 0 Å². The van der Waals surface area contributed by atoms with Crippen LogP contribution in [0.15, 0.2) is 24.5 Å². The van der Waals surface area contributed by atoms with E-state index in [0.717, 1.165) is 0 Å². The summed E-state index contributed by atoms with van der Waals surface area (Å²) in [5.74, 6) is 0. The van der Waals surface area contributed by atoms with Gasteiger partial charge in [-0.1, -0.05) is 0 Å². The number of hydrogen-bond acceptors (Lipinski definition) is 2. The topological polar surface area (TPSA) is 23.4 Å². The Balaban J connectivity index is 2.64. The summed E-state index contributed by atoms with van der Waals surface area (Å²) in [5, 5.41) is 0. The van der Waals surface area contributed by atoms with E-state index in [1.54, 1.807) is 14.2 Å². The Bertz CT molecular complexity index is 168. The van der Waals surface area contributed by atoms with E-state index < -0.39 is 0 Å². The van der Waals surface area contributed by atoms with Gasteiger partial charge in [-0.2, -0.15) is 0 Å². The first kappa shape index (κ1) is 7.31. The van der Waals surface area contributed by atoms with E-state index in [1.165, 1.54) is 0 Å². The number of hydrogen-bond donors (Lipinski definition) is 0. The summed E-state index contributed by atoms with van der Waals surface area (Å²) in [6.45, 7) is 0. The Kier molecular flexibility index (Phi) is 2.48. The smallest absolute Gasteiger partial charge is 0.243 e. The lowest BCUT2D eigenvalue weighted by atomic mass is 10.7. The Morgan fingerprint density at radius 2 is 1.60 bits per heavy atom. The number of ether oxygens (including phenoxy) is 2. The second-order valence-electron chi connectivity index (χ2n) is 1.91. The third-order valence-corrected chi connectivity index (χ3v) is 1.27. The molecule has 10 heavy (non-hydrogen) atoms. The second-order valence-corrected chi connectivity index (χ2v) is 1.91. The van der Waals surface area contributed by atoms with E-state index in [2.05, 4.69) is 0 Å². The molecule has 1 heterocycles. The van der Waals surface area contributed by atoms with Crippen LogP contribution in [-0.4, -0.2) is 18.8 Å². The average Bonchev–Trinajstić information content (AvgIpc) is 2.43. The summed E-state index contributed by atoms with van der Waals surface area (Å²) in [6, 6.07) is 3.84. The molecule has 0 amide bonds. The molecular formula is C7H11NO2. The van der Waals surface area contributed by atoms with Gasteiger partial charge in [-0.05, 0) is 12.1 Å². The number of rotatable bonds is 3. The molecule has 0 saturated carbocycles. The Labute approximate surface area is 60.2 Å². The van der Waals surface area contributed by atoms with Crippen molar-refractivity contribution in [2.75, 3.05) is 14.2 Å². The Morgan fingerprint density at radius 1 is 1.10 bits per heavy atom. The quantitative estimate of drug-likeness (QED) is 0.591. The molecule has 3 heteroatoms. The van der Waals surface area contributed by atoms with Crippen molar-refractivity contribution in [1.82, 2.24) is 4.57 Å². The number of aromatic nitrogens is 1. The molecule has 0 fully saturated rings. The highest BCUT2D eigenvalue weighted by Crippen LogP contribution is 2.06. The van der Waals surface area contributed by atoms with Crippen LogP contribution in [0, 0.1) is 0 Å². The molecule has 3 nitrogen and oxygen atoms in total. The highest BCUT2D eigenvalue weighted by atomic mass is 16.7. The molecule has 56 valence electrons. The molecular weight excluding hydrogens is 130 g/mol. The van der Waals surface area contributed by atoms with Crippen LogP contribution in [-0.2, 0) is 9.47 Å². The van der Waals surface area contributed by atoms with Crippen molar-refractivity contribution in [2.45, 2.75) is 6.41 Å². The standard InChI is InChI=1S/C7H11NO2/c1-9-7(10-2)8-5-3-4-6-8/h3-7H,1-2H3. The third kappa shape index (κ3) is 1.37. The molecule has 0 aliphatic heterocycles. The predicted octanol–water partition coefficient (Wildman–Crippen LogP) is 1.24. The van der Waals surface area contributed by atoms with Crippen molar-refractivity contribution in [3.05, 3.63) is 24.5 Å². The first-order chi connectivity index (χ1) is 4.88. The third-order valence-electron chi connectivity index (χ3n) is 1.27. The summed E-state index contributed by atoms with van der Waals surface area (Å²) in [5.41, 5.74) is 0. The van der Waals surface area contributed by atoms with Gasteiger partial charge >= 0.3 is 0 Å². The van der Waals surface area contributed by atoms with Gasteiger partial charge in [0.05, 0.1) is 0 Å². The van der Waals surface area contributed by atoms with Gasteiger partial charge < -0.3 is 14.0 Å². The minimum Gasteiger partial charge on any atom is -0.338 e. The normalized spacial score (nSPS) is 10.7. The highest BCUT2D eigenvalue weighted by molar-refractivity contribution is 4.90. The van der Waals surface area contributed by atoms with Crippen molar-refractivity contribution in [2.24, 2.45) is 0 Å². The van der Waals surface area contributed by atoms with Gasteiger partial charge in [-0.25, -0.2) is 0 Å². The maximum absolute atomic E-state index is 4.98. The largest absolute Gasteiger partial charge is 0.338 e. The second kappa shape index (κ2) is 3.39. The first-order valence-corrected chi connectivity index (χ1v) is 3.06. The first-order valence-electron chi connectivity index (χ1n) is 3.06. The maximum atomic E-state index is 4.98. The zero-order valence-corrected chi connectivity index (χ0v) is 6.15. The molecule has 0 aliphatic rings. The Hall–Kier alpha value is -0.800. The van der Waals surface area contributed by atoms with Crippen LogP contribution in [0.5, 0.6) is 0 Å². The van der Waals surface area contributed by atoms with Gasteiger partial charge in [0, 0.05) is 26.6 Å². The van der Waals surface area contributed by atoms with Gasteiger partial charge in [0.1, 0.15) is 0 Å². The van der Waals surface area contributed by atoms with Gasteiger partial charge in [-0.15, -0.1) is 0 Å². The van der Waals surface area contributed by atoms with Crippen molar-refractivity contribution in [3.63, 3.8) is 0 Å². The van der Waals surface area contributed by atoms with Crippen molar-refractivity contribution in [3.8, 4) is 0 Å². The highest BCUT2D eigenvalue weighted by Gasteiger charge is 2.03. The fraction of sp³-hybridized carbons (Fsp3) is 0.429. The van der Waals surface area contributed by atoms with Crippen LogP contribution >= 0.6 is 0 Å². The van der Waals surface area contributed by atoms with E-state index >= 15 is 0 Å². The van der Waals surface area contributed by atoms with E-state index in [0.29, 0.717) is 0 Å². The van der Waals surface area contributed by atoms with Crippen LogP contribution in [0.2, 0.25) is 0 Å². The van der Waals surface area contributed by atoms with Gasteiger partial charge in [0.15, 0.2) is 0 Å². The lowest BCUT2D eigenvalue weighted by Crippen LogP contribution is -2.10. The predicted molar refractivity (Wildman–Crippen MR) is 37.5 cm³/mol. The zero-order chi connectivity index (χ0) is 7.40. The lowest BCUT2D eigenvalue weighted by molar-refractivity contribution is -0.155. The SMILES string of the molecule is COC(OC)n1cccc1. The van der Waals surface area contributed by atoms with Gasteiger partial charge in [-0.3, -0.25) is 0 Å². The minimum atomic E-state index is -0.296. The molecule has 0 atom stereocenters. The van der Waals surface area contributed by atoms with Crippen LogP contribution in [0.1, 0.15) is 6.41 Å². The molecule has 0 aromatic carbocycles. The summed E-state index contributed by atoms with van der Waals surface area (Å²) >= 11 is 0. The number of methoxy groups -OCH3 is 2. The van der Waals surface area contributed by atoms with Crippen LogP contribution in [0.3, 0.4) is 0 Å².